The number of benzene rings is 1. The second kappa shape index (κ2) is 5.25. The summed E-state index contributed by atoms with van der Waals surface area (Å²) in [6, 6.07) is 8.99. The Morgan fingerprint density at radius 3 is 2.75 bits per heavy atom. The number of amides is 2. The zero-order valence-corrected chi connectivity index (χ0v) is 11.4. The van der Waals surface area contributed by atoms with Crippen LogP contribution in [0.3, 0.4) is 0 Å². The van der Waals surface area contributed by atoms with Crippen LogP contribution in [-0.4, -0.2) is 47.3 Å². The number of hydrogen-bond donors (Lipinski definition) is 1. The molecular weight excluding hydrogens is 254 g/mol. The first-order chi connectivity index (χ1) is 9.66. The molecule has 2 saturated heterocycles. The molecule has 20 heavy (non-hydrogen) atoms. The minimum Gasteiger partial charge on any atom is -0.337 e. The normalized spacial score (nSPS) is 23.6. The van der Waals surface area contributed by atoms with Crippen molar-refractivity contribution in [2.75, 3.05) is 19.6 Å². The van der Waals surface area contributed by atoms with Crippen molar-refractivity contribution >= 4 is 11.8 Å². The van der Waals surface area contributed by atoms with Gasteiger partial charge in [-0.3, -0.25) is 9.59 Å². The maximum absolute atomic E-state index is 12.5. The van der Waals surface area contributed by atoms with E-state index in [0.717, 1.165) is 12.0 Å². The Hall–Kier alpha value is -1.88. The van der Waals surface area contributed by atoms with E-state index in [1.165, 1.54) is 0 Å². The summed E-state index contributed by atoms with van der Waals surface area (Å²) in [4.78, 5) is 27.8. The summed E-state index contributed by atoms with van der Waals surface area (Å²) in [6.45, 7) is 1.84. The lowest BCUT2D eigenvalue weighted by atomic mass is 10.1. The molecule has 2 fully saturated rings. The summed E-state index contributed by atoms with van der Waals surface area (Å²) >= 11 is 0. The van der Waals surface area contributed by atoms with Gasteiger partial charge in [0.25, 0.3) is 0 Å². The Morgan fingerprint density at radius 2 is 2.00 bits per heavy atom. The number of carbonyl (C=O) groups is 2. The van der Waals surface area contributed by atoms with Crippen LogP contribution in [0.5, 0.6) is 0 Å². The van der Waals surface area contributed by atoms with Gasteiger partial charge in [-0.25, -0.2) is 0 Å². The Bertz CT molecular complexity index is 517. The molecule has 0 spiro atoms. The van der Waals surface area contributed by atoms with E-state index in [4.69, 9.17) is 5.73 Å². The Balaban J connectivity index is 1.68. The quantitative estimate of drug-likeness (QED) is 0.854. The first kappa shape index (κ1) is 13.1. The van der Waals surface area contributed by atoms with Crippen molar-refractivity contribution < 1.29 is 9.59 Å². The molecule has 0 bridgehead atoms. The zero-order valence-electron chi connectivity index (χ0n) is 11.4. The van der Waals surface area contributed by atoms with Crippen molar-refractivity contribution in [3.8, 4) is 0 Å². The average molecular weight is 273 g/mol. The van der Waals surface area contributed by atoms with E-state index in [0.29, 0.717) is 26.1 Å². The minimum absolute atomic E-state index is 0.0461. The van der Waals surface area contributed by atoms with Crippen molar-refractivity contribution in [1.82, 2.24) is 9.80 Å². The van der Waals surface area contributed by atoms with Crippen LogP contribution in [-0.2, 0) is 9.59 Å². The molecule has 3 rings (SSSR count). The lowest BCUT2D eigenvalue weighted by Crippen LogP contribution is -2.54. The van der Waals surface area contributed by atoms with Crippen LogP contribution in [0.25, 0.3) is 0 Å². The van der Waals surface area contributed by atoms with Gasteiger partial charge in [-0.1, -0.05) is 30.3 Å². The third-order valence-electron chi connectivity index (χ3n) is 4.23. The SMILES string of the molecule is N[C@@H](C(=O)N1CCN2C(=O)CCC2C1)c1ccccc1. The number of nitrogens with zero attached hydrogens (tertiary/aromatic N) is 2. The number of piperazine rings is 1. The molecule has 1 aromatic carbocycles. The van der Waals surface area contributed by atoms with E-state index in [9.17, 15) is 9.59 Å². The van der Waals surface area contributed by atoms with Gasteiger partial charge in [0.2, 0.25) is 11.8 Å². The predicted octanol–water partition coefficient (Wildman–Crippen LogP) is 0.520. The van der Waals surface area contributed by atoms with Gasteiger partial charge < -0.3 is 15.5 Å². The fourth-order valence-corrected chi connectivity index (χ4v) is 3.06. The van der Waals surface area contributed by atoms with Crippen LogP contribution in [0.4, 0.5) is 0 Å². The highest BCUT2D eigenvalue weighted by atomic mass is 16.2. The largest absolute Gasteiger partial charge is 0.337 e. The second-order valence-corrected chi connectivity index (χ2v) is 5.45. The van der Waals surface area contributed by atoms with Crippen molar-refractivity contribution in [3.63, 3.8) is 0 Å². The molecule has 2 amide bonds. The van der Waals surface area contributed by atoms with Gasteiger partial charge in [0, 0.05) is 32.1 Å². The van der Waals surface area contributed by atoms with Crippen LogP contribution < -0.4 is 5.73 Å². The highest BCUT2D eigenvalue weighted by Crippen LogP contribution is 2.24. The predicted molar refractivity (Wildman–Crippen MR) is 74.7 cm³/mol. The third-order valence-corrected chi connectivity index (χ3v) is 4.23. The molecule has 0 saturated carbocycles. The molecular formula is C15H19N3O2. The molecule has 5 heteroatoms. The highest BCUT2D eigenvalue weighted by Gasteiger charge is 2.37. The standard InChI is InChI=1S/C15H19N3O2/c16-14(11-4-2-1-3-5-11)15(20)17-8-9-18-12(10-17)6-7-13(18)19/h1-5,12,14H,6-10,16H2/t12?,14-/m1/s1. The number of fused-ring (bicyclic) bond motifs is 1. The molecule has 0 aromatic heterocycles. The summed E-state index contributed by atoms with van der Waals surface area (Å²) in [7, 11) is 0. The van der Waals surface area contributed by atoms with E-state index in [-0.39, 0.29) is 17.9 Å². The van der Waals surface area contributed by atoms with Crippen LogP contribution in [0.1, 0.15) is 24.4 Å². The summed E-state index contributed by atoms with van der Waals surface area (Å²) in [5.41, 5.74) is 6.90. The zero-order chi connectivity index (χ0) is 14.1. The summed E-state index contributed by atoms with van der Waals surface area (Å²) in [5, 5.41) is 0. The molecule has 1 unspecified atom stereocenters. The molecule has 2 heterocycles. The number of nitrogens with two attached hydrogens (primary N) is 1. The van der Waals surface area contributed by atoms with Crippen molar-refractivity contribution in [1.29, 1.82) is 0 Å². The Morgan fingerprint density at radius 1 is 1.25 bits per heavy atom. The van der Waals surface area contributed by atoms with E-state index in [1.54, 1.807) is 4.90 Å². The highest BCUT2D eigenvalue weighted by molar-refractivity contribution is 5.84. The number of carbonyl (C=O) groups excluding carboxylic acids is 2. The Kier molecular flexibility index (Phi) is 3.44. The molecule has 2 aliphatic rings. The van der Waals surface area contributed by atoms with Gasteiger partial charge in [-0.05, 0) is 12.0 Å². The summed E-state index contributed by atoms with van der Waals surface area (Å²) < 4.78 is 0. The summed E-state index contributed by atoms with van der Waals surface area (Å²) in [5.74, 6) is 0.171. The number of hydrogen-bond acceptors (Lipinski definition) is 3. The third kappa shape index (κ3) is 2.29. The molecule has 2 atom stereocenters. The summed E-state index contributed by atoms with van der Waals surface area (Å²) in [6.07, 6.45) is 1.46. The van der Waals surface area contributed by atoms with E-state index >= 15 is 0 Å². The van der Waals surface area contributed by atoms with Gasteiger partial charge in [0.1, 0.15) is 6.04 Å². The lowest BCUT2D eigenvalue weighted by Gasteiger charge is -2.38. The van der Waals surface area contributed by atoms with Crippen LogP contribution in [0, 0.1) is 0 Å². The maximum atomic E-state index is 12.5. The second-order valence-electron chi connectivity index (χ2n) is 5.45. The maximum Gasteiger partial charge on any atom is 0.244 e. The monoisotopic (exact) mass is 273 g/mol. The first-order valence-corrected chi connectivity index (χ1v) is 7.05. The minimum atomic E-state index is -0.611. The molecule has 106 valence electrons. The van der Waals surface area contributed by atoms with Crippen molar-refractivity contribution in [2.24, 2.45) is 5.73 Å². The fraction of sp³-hybridized carbons (Fsp3) is 0.467. The molecule has 2 N–H and O–H groups in total. The van der Waals surface area contributed by atoms with Crippen LogP contribution in [0.2, 0.25) is 0 Å². The van der Waals surface area contributed by atoms with E-state index < -0.39 is 6.04 Å². The molecule has 0 aliphatic carbocycles. The van der Waals surface area contributed by atoms with Gasteiger partial charge >= 0.3 is 0 Å². The molecule has 0 radical (unpaired) electrons. The number of rotatable bonds is 2. The first-order valence-electron chi connectivity index (χ1n) is 7.05. The van der Waals surface area contributed by atoms with Crippen LogP contribution >= 0.6 is 0 Å². The van der Waals surface area contributed by atoms with Gasteiger partial charge in [-0.2, -0.15) is 0 Å². The van der Waals surface area contributed by atoms with Crippen molar-refractivity contribution in [3.05, 3.63) is 35.9 Å². The topological polar surface area (TPSA) is 66.6 Å². The Labute approximate surface area is 118 Å². The van der Waals surface area contributed by atoms with Gasteiger partial charge in [0.05, 0.1) is 0 Å². The van der Waals surface area contributed by atoms with Gasteiger partial charge in [-0.15, -0.1) is 0 Å². The fourth-order valence-electron chi connectivity index (χ4n) is 3.06. The molecule has 1 aromatic rings. The van der Waals surface area contributed by atoms with Crippen LogP contribution in [0.15, 0.2) is 30.3 Å². The average Bonchev–Trinajstić information content (AvgIpc) is 2.87. The van der Waals surface area contributed by atoms with Crippen molar-refractivity contribution in [2.45, 2.75) is 24.9 Å². The smallest absolute Gasteiger partial charge is 0.244 e. The molecule has 5 nitrogen and oxygen atoms in total. The van der Waals surface area contributed by atoms with Gasteiger partial charge in [0.15, 0.2) is 0 Å². The lowest BCUT2D eigenvalue weighted by molar-refractivity contribution is -0.140. The van der Waals surface area contributed by atoms with E-state index in [2.05, 4.69) is 0 Å². The van der Waals surface area contributed by atoms with E-state index in [1.807, 2.05) is 35.2 Å². The molecule has 2 aliphatic heterocycles.